The topological polar surface area (TPSA) is 82.1 Å². The van der Waals surface area contributed by atoms with Crippen molar-refractivity contribution in [1.82, 2.24) is 0 Å². The van der Waals surface area contributed by atoms with Crippen LogP contribution in [0.5, 0.6) is 11.5 Å². The van der Waals surface area contributed by atoms with Gasteiger partial charge in [-0.05, 0) is 48.5 Å². The van der Waals surface area contributed by atoms with E-state index in [1.165, 1.54) is 12.1 Å². The Labute approximate surface area is 180 Å². The van der Waals surface area contributed by atoms with E-state index in [4.69, 9.17) is 14.2 Å². The first-order valence-electron chi connectivity index (χ1n) is 10.8. The summed E-state index contributed by atoms with van der Waals surface area (Å²) in [7, 11) is 0. The predicted molar refractivity (Wildman–Crippen MR) is 112 cm³/mol. The molecule has 6 nitrogen and oxygen atoms in total. The maximum Gasteiger partial charge on any atom is 0.339 e. The van der Waals surface area contributed by atoms with Crippen LogP contribution in [0.1, 0.15) is 45.1 Å². The van der Waals surface area contributed by atoms with Crippen LogP contribution in [0.4, 0.5) is 4.39 Å². The van der Waals surface area contributed by atoms with Gasteiger partial charge in [-0.1, -0.05) is 13.8 Å². The van der Waals surface area contributed by atoms with Crippen molar-refractivity contribution in [1.29, 1.82) is 0 Å². The van der Waals surface area contributed by atoms with Crippen LogP contribution in [0.15, 0.2) is 29.4 Å². The minimum absolute atomic E-state index is 0.0156. The molecule has 7 heteroatoms. The number of fused-ring (bicyclic) bond motifs is 2. The monoisotopic (exact) mass is 430 g/mol. The summed E-state index contributed by atoms with van der Waals surface area (Å²) in [6.45, 7) is 5.56. The van der Waals surface area contributed by atoms with E-state index in [9.17, 15) is 19.1 Å². The SMILES string of the molecule is CC(C)C1Oc2cc(OCC3COC3)c(F)cc2C2=C1/C=C(/C(=O)O)C(=O)CCCC2. The Hall–Kier alpha value is -2.67. The first-order valence-corrected chi connectivity index (χ1v) is 10.8. The summed E-state index contributed by atoms with van der Waals surface area (Å²) in [6, 6.07) is 2.99. The lowest BCUT2D eigenvalue weighted by molar-refractivity contribution is -0.134. The molecule has 1 aromatic carbocycles. The second-order valence-electron chi connectivity index (χ2n) is 8.70. The molecule has 2 aliphatic heterocycles. The molecule has 1 N–H and O–H groups in total. The van der Waals surface area contributed by atoms with Gasteiger partial charge >= 0.3 is 5.97 Å². The van der Waals surface area contributed by atoms with E-state index in [2.05, 4.69) is 0 Å². The number of Topliss-reactive ketones (excluding diaryl/α,β-unsaturated/α-hetero) is 1. The highest BCUT2D eigenvalue weighted by molar-refractivity contribution is 6.17. The molecule has 1 aliphatic carbocycles. The number of ketones is 1. The maximum absolute atomic E-state index is 14.9. The van der Waals surface area contributed by atoms with Gasteiger partial charge in [-0.25, -0.2) is 9.18 Å². The zero-order chi connectivity index (χ0) is 22.1. The van der Waals surface area contributed by atoms with Crippen LogP contribution in [0.3, 0.4) is 0 Å². The van der Waals surface area contributed by atoms with Crippen molar-refractivity contribution in [3.63, 3.8) is 0 Å². The third-order valence-electron chi connectivity index (χ3n) is 5.97. The first kappa shape index (κ1) is 21.6. The normalized spacial score (nSPS) is 23.4. The van der Waals surface area contributed by atoms with Crippen molar-refractivity contribution < 1.29 is 33.3 Å². The maximum atomic E-state index is 14.9. The van der Waals surface area contributed by atoms with E-state index in [0.29, 0.717) is 56.0 Å². The molecule has 31 heavy (non-hydrogen) atoms. The van der Waals surface area contributed by atoms with Gasteiger partial charge in [0.1, 0.15) is 17.4 Å². The van der Waals surface area contributed by atoms with E-state index in [0.717, 1.165) is 5.57 Å². The van der Waals surface area contributed by atoms with Crippen molar-refractivity contribution in [2.24, 2.45) is 11.8 Å². The Morgan fingerprint density at radius 1 is 1.26 bits per heavy atom. The highest BCUT2D eigenvalue weighted by atomic mass is 19.1. The Kier molecular flexibility index (Phi) is 6.14. The fourth-order valence-corrected chi connectivity index (χ4v) is 4.18. The molecule has 0 spiro atoms. The highest BCUT2D eigenvalue weighted by Gasteiger charge is 2.33. The van der Waals surface area contributed by atoms with Crippen LogP contribution in [0, 0.1) is 17.7 Å². The molecule has 0 aromatic heterocycles. The third-order valence-corrected chi connectivity index (χ3v) is 5.97. The number of allylic oxidation sites excluding steroid dienone is 1. The summed E-state index contributed by atoms with van der Waals surface area (Å²) in [5, 5.41) is 9.60. The van der Waals surface area contributed by atoms with Crippen molar-refractivity contribution in [2.75, 3.05) is 19.8 Å². The number of hydrogen-bond donors (Lipinski definition) is 1. The quantitative estimate of drug-likeness (QED) is 0.706. The van der Waals surface area contributed by atoms with Gasteiger partial charge in [-0.3, -0.25) is 4.79 Å². The molecule has 3 aliphatic rings. The number of hydrogen-bond acceptors (Lipinski definition) is 5. The van der Waals surface area contributed by atoms with Crippen LogP contribution < -0.4 is 9.47 Å². The van der Waals surface area contributed by atoms with Crippen LogP contribution in [-0.4, -0.2) is 42.8 Å². The lowest BCUT2D eigenvalue weighted by Gasteiger charge is -2.33. The summed E-state index contributed by atoms with van der Waals surface area (Å²) in [4.78, 5) is 24.2. The number of carboxylic acids is 1. The lowest BCUT2D eigenvalue weighted by Crippen LogP contribution is -2.33. The average Bonchev–Trinajstić information content (AvgIpc) is 2.76. The van der Waals surface area contributed by atoms with Gasteiger partial charge in [0.15, 0.2) is 17.3 Å². The Balaban J connectivity index is 1.79. The smallest absolute Gasteiger partial charge is 0.339 e. The van der Waals surface area contributed by atoms with Crippen molar-refractivity contribution in [3.05, 3.63) is 40.7 Å². The van der Waals surface area contributed by atoms with E-state index in [-0.39, 0.29) is 35.4 Å². The predicted octanol–water partition coefficient (Wildman–Crippen LogP) is 4.18. The van der Waals surface area contributed by atoms with E-state index >= 15 is 0 Å². The summed E-state index contributed by atoms with van der Waals surface area (Å²) in [5.41, 5.74) is 1.84. The molecule has 166 valence electrons. The largest absolute Gasteiger partial charge is 0.490 e. The Morgan fingerprint density at radius 3 is 2.65 bits per heavy atom. The zero-order valence-corrected chi connectivity index (χ0v) is 17.8. The lowest BCUT2D eigenvalue weighted by atomic mass is 9.85. The number of carboxylic acid groups (broad SMARTS) is 1. The number of carbonyl (C=O) groups excluding carboxylic acids is 1. The molecule has 0 amide bonds. The van der Waals surface area contributed by atoms with Crippen molar-refractivity contribution >= 4 is 17.3 Å². The first-order chi connectivity index (χ1) is 14.8. The molecule has 4 rings (SSSR count). The third kappa shape index (κ3) is 4.37. The van der Waals surface area contributed by atoms with Crippen molar-refractivity contribution in [2.45, 2.75) is 45.6 Å². The Morgan fingerprint density at radius 2 is 2.00 bits per heavy atom. The second-order valence-corrected chi connectivity index (χ2v) is 8.70. The van der Waals surface area contributed by atoms with Crippen LogP contribution in [0.25, 0.3) is 5.57 Å². The van der Waals surface area contributed by atoms with Gasteiger partial charge in [0.25, 0.3) is 0 Å². The van der Waals surface area contributed by atoms with Gasteiger partial charge in [0, 0.05) is 24.0 Å². The molecule has 0 radical (unpaired) electrons. The molecule has 1 unspecified atom stereocenters. The standard InChI is InChI=1S/C24H27FO6/c1-13(2)23-17-7-18(24(27)28)20(26)6-4-3-5-15(17)16-8-19(25)22(9-21(16)31-23)30-12-14-10-29-11-14/h7-9,13-14,23H,3-6,10-12H2,1-2H3,(H,27,28)/b18-7+. The summed E-state index contributed by atoms with van der Waals surface area (Å²) in [6.07, 6.45) is 3.08. The molecular formula is C24H27FO6. The van der Waals surface area contributed by atoms with E-state index in [1.54, 1.807) is 6.07 Å². The molecule has 0 bridgehead atoms. The van der Waals surface area contributed by atoms with E-state index < -0.39 is 17.9 Å². The summed E-state index contributed by atoms with van der Waals surface area (Å²) >= 11 is 0. The molecule has 2 heterocycles. The fraction of sp³-hybridized carbons (Fsp3) is 0.500. The van der Waals surface area contributed by atoms with Gasteiger partial charge in [0.2, 0.25) is 0 Å². The second kappa shape index (κ2) is 8.83. The molecule has 1 atom stereocenters. The van der Waals surface area contributed by atoms with E-state index in [1.807, 2.05) is 13.8 Å². The number of benzene rings is 1. The number of ether oxygens (including phenoxy) is 3. The number of rotatable bonds is 5. The molecule has 1 saturated heterocycles. The molecule has 1 aromatic rings. The summed E-state index contributed by atoms with van der Waals surface area (Å²) < 4.78 is 31.9. The zero-order valence-electron chi connectivity index (χ0n) is 17.8. The Bertz CT molecular complexity index is 957. The van der Waals surface area contributed by atoms with Gasteiger partial charge in [-0.15, -0.1) is 0 Å². The molecule has 1 fully saturated rings. The highest BCUT2D eigenvalue weighted by Crippen LogP contribution is 2.44. The number of carbonyl (C=O) groups is 2. The number of aliphatic carboxylic acids is 1. The van der Waals surface area contributed by atoms with Gasteiger partial charge in [-0.2, -0.15) is 0 Å². The van der Waals surface area contributed by atoms with Crippen LogP contribution in [0.2, 0.25) is 0 Å². The van der Waals surface area contributed by atoms with Crippen LogP contribution >= 0.6 is 0 Å². The van der Waals surface area contributed by atoms with Crippen molar-refractivity contribution in [3.8, 4) is 11.5 Å². The average molecular weight is 430 g/mol. The molecular weight excluding hydrogens is 403 g/mol. The minimum Gasteiger partial charge on any atom is -0.490 e. The minimum atomic E-state index is -1.25. The molecule has 0 saturated carbocycles. The summed E-state index contributed by atoms with van der Waals surface area (Å²) in [5.74, 6) is -1.18. The number of halogens is 1. The fourth-order valence-electron chi connectivity index (χ4n) is 4.18. The van der Waals surface area contributed by atoms with Gasteiger partial charge < -0.3 is 19.3 Å². The van der Waals surface area contributed by atoms with Gasteiger partial charge in [0.05, 0.1) is 19.8 Å². The van der Waals surface area contributed by atoms with Crippen LogP contribution in [-0.2, 0) is 14.3 Å².